The second kappa shape index (κ2) is 6.30. The molecule has 1 fully saturated rings. The van der Waals surface area contributed by atoms with Gasteiger partial charge >= 0.3 is 0 Å². The van der Waals surface area contributed by atoms with E-state index in [2.05, 4.69) is 12.3 Å². The Balaban J connectivity index is 1.98. The molecule has 3 heteroatoms. The highest BCUT2D eigenvalue weighted by Gasteiger charge is 2.26. The molecular weight excluding hydrogens is 227 g/mol. The third kappa shape index (κ3) is 3.53. The van der Waals surface area contributed by atoms with E-state index < -0.39 is 0 Å². The first-order valence-corrected chi connectivity index (χ1v) is 6.89. The largest absolute Gasteiger partial charge is 0.271 e. The minimum atomic E-state index is -0.178. The Morgan fingerprint density at radius 1 is 1.33 bits per heavy atom. The van der Waals surface area contributed by atoms with Crippen molar-refractivity contribution < 1.29 is 4.39 Å². The Kier molecular flexibility index (Phi) is 4.72. The number of rotatable bonds is 4. The van der Waals surface area contributed by atoms with Crippen molar-refractivity contribution in [2.45, 2.75) is 45.1 Å². The zero-order chi connectivity index (χ0) is 13.0. The summed E-state index contributed by atoms with van der Waals surface area (Å²) in [5.74, 6) is 6.97. The molecular formula is C15H23FN2. The van der Waals surface area contributed by atoms with Crippen LogP contribution in [-0.4, -0.2) is 6.04 Å². The molecule has 2 nitrogen and oxygen atoms in total. The molecule has 0 aromatic heterocycles. The van der Waals surface area contributed by atoms with Crippen LogP contribution in [0, 0.1) is 17.7 Å². The molecule has 1 saturated carbocycles. The van der Waals surface area contributed by atoms with Crippen molar-refractivity contribution in [1.82, 2.24) is 5.43 Å². The highest BCUT2D eigenvalue weighted by atomic mass is 19.1. The number of benzene rings is 1. The molecule has 3 atom stereocenters. The van der Waals surface area contributed by atoms with E-state index in [9.17, 15) is 4.39 Å². The van der Waals surface area contributed by atoms with Gasteiger partial charge in [-0.3, -0.25) is 11.3 Å². The van der Waals surface area contributed by atoms with Crippen molar-refractivity contribution in [3.05, 3.63) is 35.6 Å². The lowest BCUT2D eigenvalue weighted by molar-refractivity contribution is 0.222. The summed E-state index contributed by atoms with van der Waals surface area (Å²) < 4.78 is 12.9. The molecule has 0 radical (unpaired) electrons. The molecule has 1 aliphatic carbocycles. The van der Waals surface area contributed by atoms with Gasteiger partial charge in [-0.05, 0) is 48.8 Å². The van der Waals surface area contributed by atoms with Crippen molar-refractivity contribution in [2.24, 2.45) is 17.7 Å². The number of halogens is 1. The maximum Gasteiger partial charge on any atom is 0.123 e. The minimum absolute atomic E-state index is 0.178. The summed E-state index contributed by atoms with van der Waals surface area (Å²) >= 11 is 0. The monoisotopic (exact) mass is 250 g/mol. The summed E-state index contributed by atoms with van der Waals surface area (Å²) in [4.78, 5) is 0. The first-order valence-electron chi connectivity index (χ1n) is 6.89. The molecule has 0 spiro atoms. The summed E-state index contributed by atoms with van der Waals surface area (Å²) in [5, 5.41) is 0. The predicted molar refractivity (Wildman–Crippen MR) is 72.3 cm³/mol. The average Bonchev–Trinajstić information content (AvgIpc) is 2.38. The average molecular weight is 250 g/mol. The van der Waals surface area contributed by atoms with Crippen LogP contribution in [0.5, 0.6) is 0 Å². The topological polar surface area (TPSA) is 38.0 Å². The van der Waals surface area contributed by atoms with E-state index in [1.54, 1.807) is 0 Å². The maximum absolute atomic E-state index is 12.9. The summed E-state index contributed by atoms with van der Waals surface area (Å²) in [6.07, 6.45) is 6.02. The molecule has 0 amide bonds. The normalized spacial score (nSPS) is 25.9. The summed E-state index contributed by atoms with van der Waals surface area (Å²) in [7, 11) is 0. The number of nitrogens with two attached hydrogens (primary N) is 1. The molecule has 0 saturated heterocycles. The number of hydrogen-bond donors (Lipinski definition) is 2. The van der Waals surface area contributed by atoms with Crippen LogP contribution in [0.2, 0.25) is 0 Å². The van der Waals surface area contributed by atoms with Crippen LogP contribution in [0.15, 0.2) is 24.3 Å². The molecule has 1 aliphatic rings. The van der Waals surface area contributed by atoms with Crippen LogP contribution >= 0.6 is 0 Å². The summed E-state index contributed by atoms with van der Waals surface area (Å²) in [5.41, 5.74) is 4.11. The number of nitrogens with one attached hydrogen (secondary N) is 1. The van der Waals surface area contributed by atoms with Gasteiger partial charge in [0.1, 0.15) is 5.82 Å². The number of hydrogen-bond acceptors (Lipinski definition) is 2. The van der Waals surface area contributed by atoms with Crippen LogP contribution in [0.3, 0.4) is 0 Å². The van der Waals surface area contributed by atoms with Gasteiger partial charge in [-0.25, -0.2) is 4.39 Å². The van der Waals surface area contributed by atoms with Gasteiger partial charge in [0, 0.05) is 6.04 Å². The summed E-state index contributed by atoms with van der Waals surface area (Å²) in [6, 6.07) is 7.05. The maximum atomic E-state index is 12.9. The van der Waals surface area contributed by atoms with Gasteiger partial charge in [-0.2, -0.15) is 0 Å². The Morgan fingerprint density at radius 2 is 2.06 bits per heavy atom. The quantitative estimate of drug-likeness (QED) is 0.637. The zero-order valence-corrected chi connectivity index (χ0v) is 11.0. The van der Waals surface area contributed by atoms with Gasteiger partial charge in [0.2, 0.25) is 0 Å². The van der Waals surface area contributed by atoms with Crippen LogP contribution in [0.25, 0.3) is 0 Å². The zero-order valence-electron chi connectivity index (χ0n) is 11.0. The molecule has 18 heavy (non-hydrogen) atoms. The Hall–Kier alpha value is -0.930. The standard InChI is InChI=1S/C15H23FN2/c1-11-3-2-4-13(9-11)15(18-17)10-12-5-7-14(16)8-6-12/h5-8,11,13,15,18H,2-4,9-10,17H2,1H3. The van der Waals surface area contributed by atoms with Gasteiger partial charge < -0.3 is 0 Å². The van der Waals surface area contributed by atoms with Crippen molar-refractivity contribution in [3.63, 3.8) is 0 Å². The third-order valence-corrected chi connectivity index (χ3v) is 4.13. The van der Waals surface area contributed by atoms with Gasteiger partial charge in [0.05, 0.1) is 0 Å². The number of hydrazine groups is 1. The smallest absolute Gasteiger partial charge is 0.123 e. The molecule has 0 aliphatic heterocycles. The van der Waals surface area contributed by atoms with Gasteiger partial charge in [-0.1, -0.05) is 31.9 Å². The Labute approximate surface area is 109 Å². The third-order valence-electron chi connectivity index (χ3n) is 4.13. The molecule has 1 aromatic carbocycles. The van der Waals surface area contributed by atoms with Crippen molar-refractivity contribution in [2.75, 3.05) is 0 Å². The van der Waals surface area contributed by atoms with E-state index in [1.807, 2.05) is 12.1 Å². The van der Waals surface area contributed by atoms with Crippen LogP contribution < -0.4 is 11.3 Å². The lowest BCUT2D eigenvalue weighted by Gasteiger charge is -2.33. The van der Waals surface area contributed by atoms with Crippen LogP contribution in [-0.2, 0) is 6.42 Å². The van der Waals surface area contributed by atoms with E-state index in [1.165, 1.54) is 37.8 Å². The summed E-state index contributed by atoms with van der Waals surface area (Å²) in [6.45, 7) is 2.32. The lowest BCUT2D eigenvalue weighted by Crippen LogP contribution is -2.43. The molecule has 1 aromatic rings. The predicted octanol–water partition coefficient (Wildman–Crippen LogP) is 3.03. The second-order valence-electron chi connectivity index (χ2n) is 5.64. The fraction of sp³-hybridized carbons (Fsp3) is 0.600. The molecule has 3 N–H and O–H groups in total. The fourth-order valence-corrected chi connectivity index (χ4v) is 3.08. The van der Waals surface area contributed by atoms with Gasteiger partial charge in [-0.15, -0.1) is 0 Å². The molecule has 2 rings (SSSR count). The first kappa shape index (κ1) is 13.5. The van der Waals surface area contributed by atoms with E-state index in [-0.39, 0.29) is 5.82 Å². The van der Waals surface area contributed by atoms with E-state index >= 15 is 0 Å². The highest BCUT2D eigenvalue weighted by molar-refractivity contribution is 5.17. The first-order chi connectivity index (χ1) is 8.69. The van der Waals surface area contributed by atoms with Crippen LogP contribution in [0.1, 0.15) is 38.2 Å². The van der Waals surface area contributed by atoms with Crippen LogP contribution in [0.4, 0.5) is 4.39 Å². The highest BCUT2D eigenvalue weighted by Crippen LogP contribution is 2.31. The molecule has 0 heterocycles. The fourth-order valence-electron chi connectivity index (χ4n) is 3.08. The molecule has 100 valence electrons. The van der Waals surface area contributed by atoms with E-state index in [4.69, 9.17) is 5.84 Å². The van der Waals surface area contributed by atoms with E-state index in [0.717, 1.165) is 17.9 Å². The van der Waals surface area contributed by atoms with E-state index in [0.29, 0.717) is 12.0 Å². The molecule has 0 bridgehead atoms. The second-order valence-corrected chi connectivity index (χ2v) is 5.64. The SMILES string of the molecule is CC1CCCC(C(Cc2ccc(F)cc2)NN)C1. The van der Waals surface area contributed by atoms with Crippen molar-refractivity contribution >= 4 is 0 Å². The van der Waals surface area contributed by atoms with Crippen molar-refractivity contribution in [1.29, 1.82) is 0 Å². The Bertz CT molecular complexity index is 363. The van der Waals surface area contributed by atoms with Gasteiger partial charge in [0.15, 0.2) is 0 Å². The lowest BCUT2D eigenvalue weighted by atomic mass is 9.77. The van der Waals surface area contributed by atoms with Crippen molar-refractivity contribution in [3.8, 4) is 0 Å². The Morgan fingerprint density at radius 3 is 2.67 bits per heavy atom. The minimum Gasteiger partial charge on any atom is -0.271 e. The molecule has 3 unspecified atom stereocenters. The van der Waals surface area contributed by atoms with Gasteiger partial charge in [0.25, 0.3) is 0 Å².